The fraction of sp³-hybridized carbons (Fsp3) is 0.909. The van der Waals surface area contributed by atoms with E-state index in [2.05, 4.69) is 19.2 Å². The fourth-order valence-corrected chi connectivity index (χ4v) is 2.03. The van der Waals surface area contributed by atoms with Crippen molar-refractivity contribution in [1.82, 2.24) is 5.32 Å². The Balaban J connectivity index is 2.46. The highest BCUT2D eigenvalue weighted by atomic mass is 16.1. The smallest absolute Gasteiger partial charge is 0.223 e. The molecule has 0 bridgehead atoms. The van der Waals surface area contributed by atoms with Crippen LogP contribution in [0.25, 0.3) is 0 Å². The normalized spacial score (nSPS) is 30.5. The molecule has 1 N–H and O–H groups in total. The third kappa shape index (κ3) is 3.37. The molecule has 2 unspecified atom stereocenters. The van der Waals surface area contributed by atoms with E-state index >= 15 is 0 Å². The van der Waals surface area contributed by atoms with Crippen LogP contribution in [0.15, 0.2) is 0 Å². The highest BCUT2D eigenvalue weighted by Gasteiger charge is 2.20. The van der Waals surface area contributed by atoms with Crippen LogP contribution < -0.4 is 5.32 Å². The minimum atomic E-state index is 0.285. The van der Waals surface area contributed by atoms with E-state index in [4.69, 9.17) is 0 Å². The summed E-state index contributed by atoms with van der Waals surface area (Å²) in [6.07, 6.45) is 6.89. The monoisotopic (exact) mass is 183 g/mol. The van der Waals surface area contributed by atoms with E-state index in [1.165, 1.54) is 12.8 Å². The zero-order chi connectivity index (χ0) is 9.68. The Hall–Kier alpha value is -0.530. The van der Waals surface area contributed by atoms with Gasteiger partial charge in [-0.1, -0.05) is 26.2 Å². The molecule has 0 aromatic carbocycles. The molecule has 1 heterocycles. The fourth-order valence-electron chi connectivity index (χ4n) is 2.03. The van der Waals surface area contributed by atoms with Crippen molar-refractivity contribution in [2.75, 3.05) is 0 Å². The van der Waals surface area contributed by atoms with Crippen LogP contribution >= 0.6 is 0 Å². The van der Waals surface area contributed by atoms with Crippen LogP contribution in [0.2, 0.25) is 0 Å². The maximum atomic E-state index is 11.7. The van der Waals surface area contributed by atoms with E-state index in [-0.39, 0.29) is 11.8 Å². The Kier molecular flexibility index (Phi) is 4.26. The van der Waals surface area contributed by atoms with Gasteiger partial charge in [0.25, 0.3) is 0 Å². The van der Waals surface area contributed by atoms with Crippen molar-refractivity contribution >= 4 is 5.91 Å². The standard InChI is InChI=1S/C11H21NO/c1-3-6-10-8-5-4-7-9(2)12-11(10)13/h9-10H,3-8H2,1-2H3,(H,12,13). The number of rotatable bonds is 2. The molecule has 0 spiro atoms. The van der Waals surface area contributed by atoms with E-state index < -0.39 is 0 Å². The van der Waals surface area contributed by atoms with Gasteiger partial charge in [0.1, 0.15) is 0 Å². The maximum Gasteiger partial charge on any atom is 0.223 e. The molecule has 76 valence electrons. The predicted octanol–water partition coefficient (Wildman–Crippen LogP) is 2.48. The summed E-state index contributed by atoms with van der Waals surface area (Å²) in [6.45, 7) is 4.25. The van der Waals surface area contributed by atoms with Crippen molar-refractivity contribution in [3.8, 4) is 0 Å². The van der Waals surface area contributed by atoms with Gasteiger partial charge in [-0.3, -0.25) is 4.79 Å². The Morgan fingerprint density at radius 3 is 2.77 bits per heavy atom. The van der Waals surface area contributed by atoms with Crippen molar-refractivity contribution in [2.45, 2.75) is 58.4 Å². The number of amides is 1. The molecule has 0 aromatic rings. The lowest BCUT2D eigenvalue weighted by Crippen LogP contribution is -2.38. The summed E-state index contributed by atoms with van der Waals surface area (Å²) in [7, 11) is 0. The zero-order valence-electron chi connectivity index (χ0n) is 8.81. The Bertz CT molecular complexity index is 167. The Morgan fingerprint density at radius 1 is 1.38 bits per heavy atom. The molecule has 1 rings (SSSR count). The molecule has 13 heavy (non-hydrogen) atoms. The summed E-state index contributed by atoms with van der Waals surface area (Å²) in [6, 6.07) is 0.382. The van der Waals surface area contributed by atoms with Gasteiger partial charge >= 0.3 is 0 Å². The van der Waals surface area contributed by atoms with E-state index in [1.54, 1.807) is 0 Å². The second-order valence-electron chi connectivity index (χ2n) is 4.18. The van der Waals surface area contributed by atoms with E-state index in [0.717, 1.165) is 25.7 Å². The van der Waals surface area contributed by atoms with Gasteiger partial charge in [0, 0.05) is 12.0 Å². The molecule has 0 saturated carbocycles. The third-order valence-electron chi connectivity index (χ3n) is 2.84. The lowest BCUT2D eigenvalue weighted by Gasteiger charge is -2.23. The summed E-state index contributed by atoms with van der Waals surface area (Å²) >= 11 is 0. The van der Waals surface area contributed by atoms with Crippen LogP contribution in [0, 0.1) is 5.92 Å². The van der Waals surface area contributed by atoms with Crippen molar-refractivity contribution in [3.63, 3.8) is 0 Å². The third-order valence-corrected chi connectivity index (χ3v) is 2.84. The molecule has 0 aromatic heterocycles. The molecule has 1 amide bonds. The molecule has 1 aliphatic rings. The molecule has 2 heteroatoms. The maximum absolute atomic E-state index is 11.7. The van der Waals surface area contributed by atoms with Gasteiger partial charge in [-0.05, 0) is 26.2 Å². The van der Waals surface area contributed by atoms with Crippen LogP contribution in [0.1, 0.15) is 52.4 Å². The van der Waals surface area contributed by atoms with Crippen molar-refractivity contribution < 1.29 is 4.79 Å². The minimum absolute atomic E-state index is 0.285. The lowest BCUT2D eigenvalue weighted by molar-refractivity contribution is -0.126. The molecule has 2 atom stereocenters. The average Bonchev–Trinajstić information content (AvgIpc) is 2.08. The number of carbonyl (C=O) groups excluding carboxylic acids is 1. The first kappa shape index (κ1) is 10.6. The van der Waals surface area contributed by atoms with Crippen molar-refractivity contribution in [1.29, 1.82) is 0 Å². The van der Waals surface area contributed by atoms with Crippen molar-refractivity contribution in [2.24, 2.45) is 5.92 Å². The summed E-state index contributed by atoms with van der Waals surface area (Å²) in [5.41, 5.74) is 0. The Morgan fingerprint density at radius 2 is 2.08 bits per heavy atom. The number of nitrogens with one attached hydrogen (secondary N) is 1. The molecule has 0 radical (unpaired) electrons. The van der Waals surface area contributed by atoms with Gasteiger partial charge in [0.2, 0.25) is 5.91 Å². The van der Waals surface area contributed by atoms with Gasteiger partial charge < -0.3 is 5.32 Å². The summed E-state index contributed by atoms with van der Waals surface area (Å²) in [5, 5.41) is 3.08. The molecule has 0 aliphatic carbocycles. The first-order chi connectivity index (χ1) is 6.24. The highest BCUT2D eigenvalue weighted by molar-refractivity contribution is 5.78. The first-order valence-corrected chi connectivity index (χ1v) is 5.54. The van der Waals surface area contributed by atoms with E-state index in [0.29, 0.717) is 6.04 Å². The SMILES string of the molecule is CCCC1CCCCC(C)NC1=O. The molecular formula is C11H21NO. The van der Waals surface area contributed by atoms with Gasteiger partial charge in [-0.15, -0.1) is 0 Å². The lowest BCUT2D eigenvalue weighted by atomic mass is 9.92. The van der Waals surface area contributed by atoms with E-state index in [1.807, 2.05) is 0 Å². The van der Waals surface area contributed by atoms with Crippen LogP contribution in [0.5, 0.6) is 0 Å². The van der Waals surface area contributed by atoms with Gasteiger partial charge in [0.05, 0.1) is 0 Å². The van der Waals surface area contributed by atoms with Crippen LogP contribution in [0.4, 0.5) is 0 Å². The molecule has 2 nitrogen and oxygen atoms in total. The molecule has 1 aliphatic heterocycles. The second kappa shape index (κ2) is 5.25. The minimum Gasteiger partial charge on any atom is -0.353 e. The number of carbonyl (C=O) groups is 1. The largest absolute Gasteiger partial charge is 0.353 e. The van der Waals surface area contributed by atoms with Crippen LogP contribution in [0.3, 0.4) is 0 Å². The topological polar surface area (TPSA) is 29.1 Å². The second-order valence-corrected chi connectivity index (χ2v) is 4.18. The number of hydrogen-bond donors (Lipinski definition) is 1. The van der Waals surface area contributed by atoms with Gasteiger partial charge in [-0.2, -0.15) is 0 Å². The predicted molar refractivity (Wildman–Crippen MR) is 54.5 cm³/mol. The van der Waals surface area contributed by atoms with Crippen molar-refractivity contribution in [3.05, 3.63) is 0 Å². The average molecular weight is 183 g/mol. The van der Waals surface area contributed by atoms with Gasteiger partial charge in [0.15, 0.2) is 0 Å². The van der Waals surface area contributed by atoms with Crippen LogP contribution in [-0.4, -0.2) is 11.9 Å². The summed E-state index contributed by atoms with van der Waals surface area (Å²) in [4.78, 5) is 11.7. The summed E-state index contributed by atoms with van der Waals surface area (Å²) < 4.78 is 0. The number of hydrogen-bond acceptors (Lipinski definition) is 1. The zero-order valence-corrected chi connectivity index (χ0v) is 8.81. The van der Waals surface area contributed by atoms with E-state index in [9.17, 15) is 4.79 Å². The summed E-state index contributed by atoms with van der Waals surface area (Å²) in [5.74, 6) is 0.571. The van der Waals surface area contributed by atoms with Gasteiger partial charge in [-0.25, -0.2) is 0 Å². The highest BCUT2D eigenvalue weighted by Crippen LogP contribution is 2.19. The Labute approximate surface area is 81.1 Å². The molecule has 1 fully saturated rings. The molecular weight excluding hydrogens is 162 g/mol. The molecule has 1 saturated heterocycles. The first-order valence-electron chi connectivity index (χ1n) is 5.54. The quantitative estimate of drug-likeness (QED) is 0.700. The van der Waals surface area contributed by atoms with Crippen LogP contribution in [-0.2, 0) is 4.79 Å².